The predicted molar refractivity (Wildman–Crippen MR) is 87.5 cm³/mol. The standard InChI is InChI=1S/C18H20F3N3O2/c1-2-12-8-13(18(19,20)21)14-15(23-26-16(14)22-12)11-4-3-7-24(9-11)17(25)10-5-6-10/h8,10-11H,2-7,9H2,1H3/t11-/m0/s1. The van der Waals surface area contributed by atoms with Crippen LogP contribution in [0.1, 0.15) is 55.5 Å². The number of pyridine rings is 1. The van der Waals surface area contributed by atoms with Crippen LogP contribution >= 0.6 is 0 Å². The number of aromatic nitrogens is 2. The van der Waals surface area contributed by atoms with Gasteiger partial charge in [0.15, 0.2) is 0 Å². The number of fused-ring (bicyclic) bond motifs is 1. The number of carbonyl (C=O) groups excluding carboxylic acids is 1. The number of carbonyl (C=O) groups is 1. The van der Waals surface area contributed by atoms with Gasteiger partial charge in [-0.25, -0.2) is 4.98 Å². The molecule has 1 saturated carbocycles. The topological polar surface area (TPSA) is 59.2 Å². The highest BCUT2D eigenvalue weighted by Gasteiger charge is 2.39. The molecule has 8 heteroatoms. The second kappa shape index (κ2) is 6.25. The van der Waals surface area contributed by atoms with E-state index in [4.69, 9.17) is 4.52 Å². The van der Waals surface area contributed by atoms with Gasteiger partial charge in [0, 0.05) is 30.6 Å². The second-order valence-corrected chi connectivity index (χ2v) is 7.16. The van der Waals surface area contributed by atoms with Crippen LogP contribution in [0.25, 0.3) is 11.1 Å². The van der Waals surface area contributed by atoms with E-state index in [1.165, 1.54) is 0 Å². The first-order valence-electron chi connectivity index (χ1n) is 9.03. The van der Waals surface area contributed by atoms with Crippen molar-refractivity contribution < 1.29 is 22.5 Å². The van der Waals surface area contributed by atoms with Crippen LogP contribution in [0.4, 0.5) is 13.2 Å². The largest absolute Gasteiger partial charge is 0.417 e. The maximum atomic E-state index is 13.6. The van der Waals surface area contributed by atoms with Crippen molar-refractivity contribution in [3.05, 3.63) is 23.0 Å². The van der Waals surface area contributed by atoms with Crippen LogP contribution < -0.4 is 0 Å². The molecule has 1 aliphatic carbocycles. The fraction of sp³-hybridized carbons (Fsp3) is 0.611. The molecular formula is C18H20F3N3O2. The Morgan fingerprint density at radius 3 is 2.77 bits per heavy atom. The van der Waals surface area contributed by atoms with Gasteiger partial charge in [-0.1, -0.05) is 12.1 Å². The maximum Gasteiger partial charge on any atom is 0.417 e. The van der Waals surface area contributed by atoms with Crippen LogP contribution in [0, 0.1) is 5.92 Å². The van der Waals surface area contributed by atoms with Gasteiger partial charge < -0.3 is 9.42 Å². The average Bonchev–Trinajstić information content (AvgIpc) is 3.38. The Hall–Kier alpha value is -2.12. The molecule has 4 rings (SSSR count). The summed E-state index contributed by atoms with van der Waals surface area (Å²) in [6.07, 6.45) is -0.877. The van der Waals surface area contributed by atoms with Gasteiger partial charge in [-0.2, -0.15) is 13.2 Å². The van der Waals surface area contributed by atoms with E-state index >= 15 is 0 Å². The van der Waals surface area contributed by atoms with Crippen LogP contribution in [0.5, 0.6) is 0 Å². The van der Waals surface area contributed by atoms with Gasteiger partial charge in [-0.15, -0.1) is 0 Å². The van der Waals surface area contributed by atoms with Gasteiger partial charge in [0.1, 0.15) is 0 Å². The molecule has 26 heavy (non-hydrogen) atoms. The summed E-state index contributed by atoms with van der Waals surface area (Å²) in [6, 6.07) is 1.08. The molecule has 5 nitrogen and oxygen atoms in total. The summed E-state index contributed by atoms with van der Waals surface area (Å²) in [6.45, 7) is 2.80. The molecule has 1 amide bonds. The number of likely N-dealkylation sites (tertiary alicyclic amines) is 1. The fourth-order valence-electron chi connectivity index (χ4n) is 3.70. The van der Waals surface area contributed by atoms with Crippen LogP contribution in [0.2, 0.25) is 0 Å². The minimum Gasteiger partial charge on any atom is -0.342 e. The zero-order chi connectivity index (χ0) is 18.5. The SMILES string of the molecule is CCc1cc(C(F)(F)F)c2c([C@H]3CCCN(C(=O)C4CC4)C3)noc2n1. The second-order valence-electron chi connectivity index (χ2n) is 7.16. The summed E-state index contributed by atoms with van der Waals surface area (Å²) in [5, 5.41) is 3.89. The zero-order valence-corrected chi connectivity index (χ0v) is 14.5. The molecule has 0 bridgehead atoms. The van der Waals surface area contributed by atoms with E-state index in [9.17, 15) is 18.0 Å². The minimum atomic E-state index is -4.51. The van der Waals surface area contributed by atoms with Crippen molar-refractivity contribution in [2.45, 2.75) is 51.1 Å². The number of nitrogens with zero attached hydrogens (tertiary/aromatic N) is 3. The van der Waals surface area contributed by atoms with Crippen molar-refractivity contribution in [3.8, 4) is 0 Å². The van der Waals surface area contributed by atoms with Gasteiger partial charge >= 0.3 is 6.18 Å². The van der Waals surface area contributed by atoms with E-state index < -0.39 is 11.7 Å². The monoisotopic (exact) mass is 367 g/mol. The van der Waals surface area contributed by atoms with Gasteiger partial charge in [-0.3, -0.25) is 4.79 Å². The Labute approximate surface area is 148 Å². The summed E-state index contributed by atoms with van der Waals surface area (Å²) in [7, 11) is 0. The average molecular weight is 367 g/mol. The molecule has 0 radical (unpaired) electrons. The lowest BCUT2D eigenvalue weighted by Crippen LogP contribution is -2.40. The Balaban J connectivity index is 1.73. The molecule has 3 heterocycles. The highest BCUT2D eigenvalue weighted by Crippen LogP contribution is 2.41. The van der Waals surface area contributed by atoms with Crippen molar-refractivity contribution in [3.63, 3.8) is 0 Å². The van der Waals surface area contributed by atoms with Crippen molar-refractivity contribution in [1.82, 2.24) is 15.0 Å². The zero-order valence-electron chi connectivity index (χ0n) is 14.5. The Morgan fingerprint density at radius 1 is 1.35 bits per heavy atom. The van der Waals surface area contributed by atoms with Crippen molar-refractivity contribution in [2.75, 3.05) is 13.1 Å². The van der Waals surface area contributed by atoms with E-state index in [0.29, 0.717) is 31.6 Å². The number of hydrogen-bond acceptors (Lipinski definition) is 4. The first kappa shape index (κ1) is 17.3. The lowest BCUT2D eigenvalue weighted by atomic mass is 9.91. The van der Waals surface area contributed by atoms with Crippen LogP contribution in [0.3, 0.4) is 0 Å². The number of amides is 1. The number of aryl methyl sites for hydroxylation is 1. The first-order valence-corrected chi connectivity index (χ1v) is 9.03. The molecule has 1 atom stereocenters. The smallest absolute Gasteiger partial charge is 0.342 e. The number of alkyl halides is 3. The van der Waals surface area contributed by atoms with E-state index in [1.54, 1.807) is 11.8 Å². The summed E-state index contributed by atoms with van der Waals surface area (Å²) < 4.78 is 46.0. The van der Waals surface area contributed by atoms with Crippen molar-refractivity contribution >= 4 is 17.0 Å². The third kappa shape index (κ3) is 3.05. The van der Waals surface area contributed by atoms with Crippen LogP contribution in [-0.4, -0.2) is 34.0 Å². The molecule has 1 aliphatic heterocycles. The van der Waals surface area contributed by atoms with E-state index in [-0.39, 0.29) is 34.5 Å². The number of piperidine rings is 1. The molecular weight excluding hydrogens is 347 g/mol. The van der Waals surface area contributed by atoms with E-state index in [2.05, 4.69) is 10.1 Å². The summed E-state index contributed by atoms with van der Waals surface area (Å²) in [5.74, 6) is -0.0460. The van der Waals surface area contributed by atoms with E-state index in [1.807, 2.05) is 0 Å². The molecule has 2 aromatic rings. The number of rotatable bonds is 3. The Bertz CT molecular complexity index is 842. The van der Waals surface area contributed by atoms with Crippen molar-refractivity contribution in [2.24, 2.45) is 5.92 Å². The molecule has 2 fully saturated rings. The molecule has 140 valence electrons. The lowest BCUT2D eigenvalue weighted by molar-refractivity contribution is -0.136. The molecule has 1 saturated heterocycles. The van der Waals surface area contributed by atoms with Gasteiger partial charge in [0.2, 0.25) is 5.91 Å². The molecule has 0 spiro atoms. The van der Waals surface area contributed by atoms with Gasteiger partial charge in [0.25, 0.3) is 5.71 Å². The molecule has 2 aliphatic rings. The number of halogens is 3. The molecule has 0 aromatic carbocycles. The fourth-order valence-corrected chi connectivity index (χ4v) is 3.70. The highest BCUT2D eigenvalue weighted by atomic mass is 19.4. The summed E-state index contributed by atoms with van der Waals surface area (Å²) in [5.41, 5.74) is -0.226. The Morgan fingerprint density at radius 2 is 2.12 bits per heavy atom. The molecule has 0 N–H and O–H groups in total. The predicted octanol–water partition coefficient (Wildman–Crippen LogP) is 3.92. The lowest BCUT2D eigenvalue weighted by Gasteiger charge is -2.32. The number of hydrogen-bond donors (Lipinski definition) is 0. The third-order valence-electron chi connectivity index (χ3n) is 5.24. The van der Waals surface area contributed by atoms with Crippen molar-refractivity contribution in [1.29, 1.82) is 0 Å². The van der Waals surface area contributed by atoms with Crippen LogP contribution in [-0.2, 0) is 17.4 Å². The third-order valence-corrected chi connectivity index (χ3v) is 5.24. The Kier molecular flexibility index (Phi) is 4.16. The molecule has 2 aromatic heterocycles. The maximum absolute atomic E-state index is 13.6. The highest BCUT2D eigenvalue weighted by molar-refractivity contribution is 5.83. The summed E-state index contributed by atoms with van der Waals surface area (Å²) in [4.78, 5) is 18.3. The van der Waals surface area contributed by atoms with E-state index in [0.717, 1.165) is 25.3 Å². The summed E-state index contributed by atoms with van der Waals surface area (Å²) >= 11 is 0. The molecule has 0 unspecified atom stereocenters. The minimum absolute atomic E-state index is 0.0552. The van der Waals surface area contributed by atoms with Gasteiger partial charge in [-0.05, 0) is 38.2 Å². The first-order chi connectivity index (χ1) is 12.4. The normalized spacial score (nSPS) is 21.4. The quantitative estimate of drug-likeness (QED) is 0.825. The van der Waals surface area contributed by atoms with Gasteiger partial charge in [0.05, 0.1) is 16.6 Å². The van der Waals surface area contributed by atoms with Crippen LogP contribution in [0.15, 0.2) is 10.6 Å².